The van der Waals surface area contributed by atoms with Crippen LogP contribution in [0.5, 0.6) is 5.75 Å². The van der Waals surface area contributed by atoms with Crippen LogP contribution in [-0.2, 0) is 5.41 Å². The molecule has 0 amide bonds. The standard InChI is InChI=1S/C22H25N2OP/c1-16-13-18(22(2,3)4)21(25)20(14-16)26-19-10-6-5-9-17(19)15-23-24-11-7-8-12-24/h5-15,25-26H,1-4H3/b23-15+. The molecular formula is C22H25N2OP. The van der Waals surface area contributed by atoms with E-state index in [0.29, 0.717) is 14.3 Å². The summed E-state index contributed by atoms with van der Waals surface area (Å²) in [5.41, 5.74) is 3.15. The monoisotopic (exact) mass is 364 g/mol. The number of nitrogens with zero attached hydrogens (tertiary/aromatic N) is 2. The van der Waals surface area contributed by atoms with Crippen molar-refractivity contribution < 1.29 is 5.11 Å². The van der Waals surface area contributed by atoms with Gasteiger partial charge >= 0.3 is 0 Å². The maximum atomic E-state index is 10.9. The van der Waals surface area contributed by atoms with E-state index in [0.717, 1.165) is 16.4 Å². The summed E-state index contributed by atoms with van der Waals surface area (Å²) >= 11 is 0. The zero-order chi connectivity index (χ0) is 18.7. The second kappa shape index (κ2) is 7.47. The third kappa shape index (κ3) is 4.23. The summed E-state index contributed by atoms with van der Waals surface area (Å²) in [5, 5.41) is 17.5. The molecule has 3 rings (SSSR count). The third-order valence-corrected chi connectivity index (χ3v) is 5.59. The van der Waals surface area contributed by atoms with Gasteiger partial charge in [0, 0.05) is 28.8 Å². The number of phenols is 1. The van der Waals surface area contributed by atoms with Gasteiger partial charge in [0.25, 0.3) is 0 Å². The van der Waals surface area contributed by atoms with Crippen molar-refractivity contribution >= 4 is 25.4 Å². The first-order valence-electron chi connectivity index (χ1n) is 8.72. The molecule has 0 saturated carbocycles. The molecule has 0 aliphatic rings. The smallest absolute Gasteiger partial charge is 0.127 e. The Morgan fingerprint density at radius 1 is 1.00 bits per heavy atom. The van der Waals surface area contributed by atoms with Crippen LogP contribution in [0.3, 0.4) is 0 Å². The number of aryl methyl sites for hydroxylation is 1. The zero-order valence-corrected chi connectivity index (χ0v) is 16.7. The van der Waals surface area contributed by atoms with Gasteiger partial charge in [0.1, 0.15) is 5.75 Å². The van der Waals surface area contributed by atoms with Crippen molar-refractivity contribution in [2.24, 2.45) is 5.10 Å². The van der Waals surface area contributed by atoms with E-state index in [2.05, 4.69) is 57.1 Å². The predicted molar refractivity (Wildman–Crippen MR) is 113 cm³/mol. The lowest BCUT2D eigenvalue weighted by Gasteiger charge is -2.23. The van der Waals surface area contributed by atoms with E-state index < -0.39 is 0 Å². The lowest BCUT2D eigenvalue weighted by Crippen LogP contribution is -2.17. The van der Waals surface area contributed by atoms with Crippen LogP contribution in [0.15, 0.2) is 66.0 Å². The highest BCUT2D eigenvalue weighted by molar-refractivity contribution is 7.56. The first-order valence-corrected chi connectivity index (χ1v) is 9.72. The van der Waals surface area contributed by atoms with Gasteiger partial charge < -0.3 is 5.11 Å². The molecule has 1 aromatic heterocycles. The van der Waals surface area contributed by atoms with E-state index in [1.807, 2.05) is 42.9 Å². The van der Waals surface area contributed by atoms with Crippen molar-refractivity contribution in [3.05, 3.63) is 77.6 Å². The topological polar surface area (TPSA) is 37.5 Å². The van der Waals surface area contributed by atoms with Gasteiger partial charge in [-0.15, -0.1) is 0 Å². The summed E-state index contributed by atoms with van der Waals surface area (Å²) in [4.78, 5) is 0. The minimum atomic E-state index is -0.0925. The van der Waals surface area contributed by atoms with Crippen molar-refractivity contribution in [2.45, 2.75) is 33.1 Å². The summed E-state index contributed by atoms with van der Waals surface area (Å²) in [6, 6.07) is 16.3. The van der Waals surface area contributed by atoms with E-state index >= 15 is 0 Å². The molecule has 0 aliphatic carbocycles. The van der Waals surface area contributed by atoms with Crippen LogP contribution >= 0.6 is 8.58 Å². The van der Waals surface area contributed by atoms with Crippen LogP contribution in [0.2, 0.25) is 0 Å². The number of hydrogen-bond donors (Lipinski definition) is 1. The SMILES string of the molecule is Cc1cc(Pc2ccccc2/C=N/n2cccc2)c(O)c(C(C)(C)C)c1. The molecule has 0 fully saturated rings. The van der Waals surface area contributed by atoms with Crippen LogP contribution < -0.4 is 10.6 Å². The Kier molecular flexibility index (Phi) is 5.29. The highest BCUT2D eigenvalue weighted by atomic mass is 31.1. The molecule has 0 bridgehead atoms. The molecule has 1 heterocycles. The molecule has 0 radical (unpaired) electrons. The van der Waals surface area contributed by atoms with Crippen LogP contribution in [0, 0.1) is 6.92 Å². The Hall–Kier alpha value is -2.38. The van der Waals surface area contributed by atoms with Crippen molar-refractivity contribution in [3.63, 3.8) is 0 Å². The van der Waals surface area contributed by atoms with Gasteiger partial charge in [0.2, 0.25) is 0 Å². The number of rotatable bonds is 4. The van der Waals surface area contributed by atoms with Crippen molar-refractivity contribution in [1.29, 1.82) is 0 Å². The number of aromatic nitrogens is 1. The summed E-state index contributed by atoms with van der Waals surface area (Å²) in [6.45, 7) is 8.48. The average Bonchev–Trinajstić information content (AvgIpc) is 3.09. The lowest BCUT2D eigenvalue weighted by molar-refractivity contribution is 0.450. The van der Waals surface area contributed by atoms with Crippen molar-refractivity contribution in [3.8, 4) is 5.75 Å². The van der Waals surface area contributed by atoms with Crippen LogP contribution in [0.1, 0.15) is 37.5 Å². The molecule has 0 saturated heterocycles. The van der Waals surface area contributed by atoms with Crippen molar-refractivity contribution in [2.75, 3.05) is 0 Å². The van der Waals surface area contributed by atoms with E-state index in [9.17, 15) is 5.11 Å². The maximum absolute atomic E-state index is 10.9. The average molecular weight is 364 g/mol. The molecule has 3 nitrogen and oxygen atoms in total. The Balaban J connectivity index is 1.96. The highest BCUT2D eigenvalue weighted by Gasteiger charge is 2.21. The maximum Gasteiger partial charge on any atom is 0.127 e. The van der Waals surface area contributed by atoms with Gasteiger partial charge in [-0.05, 0) is 41.4 Å². The van der Waals surface area contributed by atoms with Gasteiger partial charge in [-0.25, -0.2) is 4.68 Å². The summed E-state index contributed by atoms with van der Waals surface area (Å²) < 4.78 is 1.78. The van der Waals surface area contributed by atoms with E-state index in [4.69, 9.17) is 0 Å². The molecule has 0 aliphatic heterocycles. The van der Waals surface area contributed by atoms with E-state index in [1.54, 1.807) is 4.68 Å². The summed E-state index contributed by atoms with van der Waals surface area (Å²) in [6.07, 6.45) is 5.69. The first kappa shape index (κ1) is 18.4. The summed E-state index contributed by atoms with van der Waals surface area (Å²) in [7, 11) is 0.371. The molecule has 2 aromatic carbocycles. The largest absolute Gasteiger partial charge is 0.507 e. The van der Waals surface area contributed by atoms with E-state index in [1.165, 1.54) is 10.9 Å². The van der Waals surface area contributed by atoms with Crippen LogP contribution in [-0.4, -0.2) is 16.0 Å². The Bertz CT molecular complexity index is 922. The molecule has 1 atom stereocenters. The Morgan fingerprint density at radius 2 is 1.69 bits per heavy atom. The fourth-order valence-corrected chi connectivity index (χ4v) is 4.16. The fraction of sp³-hybridized carbons (Fsp3) is 0.227. The molecule has 3 aromatic rings. The zero-order valence-electron chi connectivity index (χ0n) is 15.7. The fourth-order valence-electron chi connectivity index (χ4n) is 2.85. The van der Waals surface area contributed by atoms with Gasteiger partial charge in [0.05, 0.1) is 6.21 Å². The van der Waals surface area contributed by atoms with Gasteiger partial charge in [-0.3, -0.25) is 0 Å². The molecule has 4 heteroatoms. The second-order valence-corrected chi connectivity index (χ2v) is 8.81. The Labute approximate surface area is 157 Å². The number of hydrogen-bond acceptors (Lipinski definition) is 2. The molecule has 26 heavy (non-hydrogen) atoms. The lowest BCUT2D eigenvalue weighted by atomic mass is 9.85. The Morgan fingerprint density at radius 3 is 2.38 bits per heavy atom. The molecular weight excluding hydrogens is 339 g/mol. The third-order valence-electron chi connectivity index (χ3n) is 4.21. The van der Waals surface area contributed by atoms with Gasteiger partial charge in [0.15, 0.2) is 0 Å². The summed E-state index contributed by atoms with van der Waals surface area (Å²) in [5.74, 6) is 0.415. The predicted octanol–water partition coefficient (Wildman–Crippen LogP) is 4.31. The number of benzene rings is 2. The molecule has 1 unspecified atom stereocenters. The molecule has 1 N–H and O–H groups in total. The minimum absolute atomic E-state index is 0.0925. The number of aromatic hydroxyl groups is 1. The normalized spacial score (nSPS) is 12.5. The number of phenolic OH excluding ortho intramolecular Hbond substituents is 1. The van der Waals surface area contributed by atoms with Gasteiger partial charge in [-0.1, -0.05) is 59.7 Å². The van der Waals surface area contributed by atoms with Crippen LogP contribution in [0.25, 0.3) is 0 Å². The minimum Gasteiger partial charge on any atom is -0.507 e. The molecule has 134 valence electrons. The van der Waals surface area contributed by atoms with Gasteiger partial charge in [-0.2, -0.15) is 5.10 Å². The van der Waals surface area contributed by atoms with Crippen LogP contribution in [0.4, 0.5) is 0 Å². The van der Waals surface area contributed by atoms with Crippen molar-refractivity contribution in [1.82, 2.24) is 4.68 Å². The van der Waals surface area contributed by atoms with E-state index in [-0.39, 0.29) is 5.41 Å². The first-order chi connectivity index (χ1) is 12.3. The second-order valence-electron chi connectivity index (χ2n) is 7.48. The highest BCUT2D eigenvalue weighted by Crippen LogP contribution is 2.33. The molecule has 0 spiro atoms. The quantitative estimate of drug-likeness (QED) is 0.544.